The van der Waals surface area contributed by atoms with E-state index in [1.807, 2.05) is 30.3 Å². The molecule has 6 rings (SSSR count). The van der Waals surface area contributed by atoms with Gasteiger partial charge in [0.05, 0.1) is 30.8 Å². The predicted molar refractivity (Wildman–Crippen MR) is 164 cm³/mol. The predicted octanol–water partition coefficient (Wildman–Crippen LogP) is 5.55. The molecule has 1 fully saturated rings. The molecule has 9 heteroatoms. The smallest absolute Gasteiger partial charge is 0.410 e. The molecular formula is C34H33N5O4. The van der Waals surface area contributed by atoms with E-state index in [0.717, 1.165) is 34.7 Å². The highest BCUT2D eigenvalue weighted by Gasteiger charge is 2.34. The Hall–Kier alpha value is -5.10. The van der Waals surface area contributed by atoms with Gasteiger partial charge in [-0.15, -0.1) is 0 Å². The number of hydrogen-bond acceptors (Lipinski definition) is 7. The number of benzene rings is 3. The fourth-order valence-corrected chi connectivity index (χ4v) is 6.28. The molecule has 2 aliphatic rings. The number of aromatic nitrogens is 1. The van der Waals surface area contributed by atoms with Crippen LogP contribution in [0.25, 0.3) is 10.8 Å². The number of carbonyl (C=O) groups excluding carboxylic acids is 1. The van der Waals surface area contributed by atoms with Crippen molar-refractivity contribution in [2.24, 2.45) is 0 Å². The van der Waals surface area contributed by atoms with Crippen LogP contribution in [0.1, 0.15) is 39.3 Å². The number of piperazine rings is 1. The van der Waals surface area contributed by atoms with Crippen LogP contribution in [-0.4, -0.2) is 59.3 Å². The molecule has 0 bridgehead atoms. The molecule has 1 unspecified atom stereocenters. The lowest BCUT2D eigenvalue weighted by atomic mass is 9.97. The summed E-state index contributed by atoms with van der Waals surface area (Å²) >= 11 is 0. The number of aromatic carboxylic acids is 1. The van der Waals surface area contributed by atoms with Crippen molar-refractivity contribution in [2.45, 2.75) is 39.0 Å². The Morgan fingerprint density at radius 1 is 1.00 bits per heavy atom. The van der Waals surface area contributed by atoms with Crippen molar-refractivity contribution in [2.75, 3.05) is 36.0 Å². The summed E-state index contributed by atoms with van der Waals surface area (Å²) in [6.45, 7) is 4.77. The lowest BCUT2D eigenvalue weighted by Gasteiger charge is -2.42. The van der Waals surface area contributed by atoms with Gasteiger partial charge in [0.15, 0.2) is 5.69 Å². The van der Waals surface area contributed by atoms with E-state index in [-0.39, 0.29) is 18.7 Å². The number of fused-ring (bicyclic) bond motifs is 2. The van der Waals surface area contributed by atoms with Gasteiger partial charge in [-0.3, -0.25) is 0 Å². The van der Waals surface area contributed by atoms with Crippen molar-refractivity contribution in [3.63, 3.8) is 0 Å². The van der Waals surface area contributed by atoms with Gasteiger partial charge >= 0.3 is 12.1 Å². The molecule has 43 heavy (non-hydrogen) atoms. The third kappa shape index (κ3) is 5.69. The topological polar surface area (TPSA) is 110 Å². The zero-order valence-corrected chi connectivity index (χ0v) is 24.1. The average Bonchev–Trinajstić information content (AvgIpc) is 3.03. The van der Waals surface area contributed by atoms with Gasteiger partial charge in [-0.2, -0.15) is 5.26 Å². The van der Waals surface area contributed by atoms with Crippen molar-refractivity contribution in [3.05, 3.63) is 101 Å². The van der Waals surface area contributed by atoms with E-state index in [2.05, 4.69) is 64.2 Å². The number of carboxylic acids is 1. The van der Waals surface area contributed by atoms with Crippen molar-refractivity contribution in [1.29, 1.82) is 5.26 Å². The molecule has 1 saturated heterocycles. The van der Waals surface area contributed by atoms with Gasteiger partial charge in [0.25, 0.3) is 0 Å². The Kier molecular flexibility index (Phi) is 7.84. The first-order chi connectivity index (χ1) is 20.9. The molecule has 2 aliphatic heterocycles. The number of rotatable bonds is 6. The summed E-state index contributed by atoms with van der Waals surface area (Å²) in [4.78, 5) is 35.8. The second-order valence-electron chi connectivity index (χ2n) is 11.1. The SMILES string of the molecule is Cc1cccc2cccc(N3CCc4c(N5CCN(C(=O)OCc6ccccc6)C(CC#N)C5)cc(C(=O)O)nc4C3)c12. The van der Waals surface area contributed by atoms with Gasteiger partial charge in [-0.1, -0.05) is 60.7 Å². The van der Waals surface area contributed by atoms with Gasteiger partial charge in [-0.25, -0.2) is 14.6 Å². The van der Waals surface area contributed by atoms with Crippen molar-refractivity contribution < 1.29 is 19.4 Å². The minimum Gasteiger partial charge on any atom is -0.477 e. The van der Waals surface area contributed by atoms with Gasteiger partial charge in [0.2, 0.25) is 0 Å². The fourth-order valence-electron chi connectivity index (χ4n) is 6.28. The molecule has 0 aliphatic carbocycles. The number of carboxylic acid groups (broad SMARTS) is 1. The lowest BCUT2D eigenvalue weighted by Crippen LogP contribution is -2.55. The van der Waals surface area contributed by atoms with E-state index in [9.17, 15) is 20.0 Å². The second kappa shape index (κ2) is 12.0. The molecule has 1 aromatic heterocycles. The normalized spacial score (nSPS) is 16.5. The minimum absolute atomic E-state index is 0.00812. The van der Waals surface area contributed by atoms with Crippen molar-refractivity contribution in [3.8, 4) is 6.07 Å². The third-order valence-corrected chi connectivity index (χ3v) is 8.40. The van der Waals surface area contributed by atoms with E-state index >= 15 is 0 Å². The summed E-state index contributed by atoms with van der Waals surface area (Å²) in [6.07, 6.45) is 0.388. The van der Waals surface area contributed by atoms with E-state index in [1.165, 1.54) is 16.3 Å². The fraction of sp³-hybridized carbons (Fsp3) is 0.294. The van der Waals surface area contributed by atoms with E-state index < -0.39 is 18.1 Å². The summed E-state index contributed by atoms with van der Waals surface area (Å²) in [5.41, 5.74) is 5.77. The number of anilines is 2. The van der Waals surface area contributed by atoms with E-state index in [4.69, 9.17) is 4.74 Å². The molecule has 3 aromatic carbocycles. The zero-order chi connectivity index (χ0) is 29.9. The maximum atomic E-state index is 13.0. The first kappa shape index (κ1) is 28.0. The minimum atomic E-state index is -1.08. The Labute approximate surface area is 250 Å². The van der Waals surface area contributed by atoms with Crippen LogP contribution in [0.3, 0.4) is 0 Å². The first-order valence-corrected chi connectivity index (χ1v) is 14.5. The van der Waals surface area contributed by atoms with Crippen molar-refractivity contribution in [1.82, 2.24) is 9.88 Å². The molecule has 0 radical (unpaired) electrons. The number of ether oxygens (including phenoxy) is 1. The average molecular weight is 576 g/mol. The summed E-state index contributed by atoms with van der Waals surface area (Å²) in [5, 5.41) is 21.9. The van der Waals surface area contributed by atoms with Crippen LogP contribution in [0.4, 0.5) is 16.2 Å². The third-order valence-electron chi connectivity index (χ3n) is 8.40. The van der Waals surface area contributed by atoms with E-state index in [1.54, 1.807) is 11.0 Å². The van der Waals surface area contributed by atoms with Gasteiger partial charge < -0.3 is 24.5 Å². The molecule has 0 saturated carbocycles. The standard InChI is InChI=1S/C34H33N5O4/c1-23-7-5-10-25-11-6-12-30(32(23)25)37-16-14-27-29(21-37)36-28(33(40)41)19-31(27)38-17-18-39(26(20-38)13-15-35)34(42)43-22-24-8-3-2-4-9-24/h2-12,19,26H,13-14,16-18,20-22H2,1H3,(H,40,41). The summed E-state index contributed by atoms with van der Waals surface area (Å²) < 4.78 is 5.58. The summed E-state index contributed by atoms with van der Waals surface area (Å²) in [7, 11) is 0. The van der Waals surface area contributed by atoms with Crippen LogP contribution >= 0.6 is 0 Å². The molecule has 1 amide bonds. The summed E-state index contributed by atoms with van der Waals surface area (Å²) in [6, 6.07) is 25.5. The van der Waals surface area contributed by atoms with Gasteiger partial charge in [-0.05, 0) is 42.0 Å². The molecule has 4 aromatic rings. The summed E-state index contributed by atoms with van der Waals surface area (Å²) in [5.74, 6) is -1.08. The maximum absolute atomic E-state index is 13.0. The molecule has 9 nitrogen and oxygen atoms in total. The van der Waals surface area contributed by atoms with Crippen LogP contribution < -0.4 is 9.80 Å². The number of pyridine rings is 1. The van der Waals surface area contributed by atoms with E-state index in [0.29, 0.717) is 32.6 Å². The number of nitrogens with zero attached hydrogens (tertiary/aromatic N) is 5. The highest BCUT2D eigenvalue weighted by Crippen LogP contribution is 2.36. The molecule has 0 spiro atoms. The number of aryl methyl sites for hydroxylation is 1. The number of carbonyl (C=O) groups is 2. The largest absolute Gasteiger partial charge is 0.477 e. The van der Waals surface area contributed by atoms with Crippen LogP contribution in [-0.2, 0) is 24.3 Å². The Balaban J connectivity index is 1.26. The monoisotopic (exact) mass is 575 g/mol. The van der Waals surface area contributed by atoms with Crippen LogP contribution in [0.5, 0.6) is 0 Å². The van der Waals surface area contributed by atoms with Crippen LogP contribution in [0.15, 0.2) is 72.8 Å². The Morgan fingerprint density at radius 2 is 1.79 bits per heavy atom. The Bertz CT molecular complexity index is 1710. The molecule has 1 atom stereocenters. The Morgan fingerprint density at radius 3 is 2.56 bits per heavy atom. The number of hydrogen-bond donors (Lipinski definition) is 1. The second-order valence-corrected chi connectivity index (χ2v) is 11.1. The zero-order valence-electron chi connectivity index (χ0n) is 24.1. The lowest BCUT2D eigenvalue weighted by molar-refractivity contribution is 0.0690. The molecule has 1 N–H and O–H groups in total. The van der Waals surface area contributed by atoms with Crippen LogP contribution in [0.2, 0.25) is 0 Å². The highest BCUT2D eigenvalue weighted by molar-refractivity contribution is 5.97. The number of nitriles is 1. The van der Waals surface area contributed by atoms with Gasteiger partial charge in [0.1, 0.15) is 6.61 Å². The number of amides is 1. The van der Waals surface area contributed by atoms with Crippen LogP contribution in [0, 0.1) is 18.3 Å². The highest BCUT2D eigenvalue weighted by atomic mass is 16.6. The van der Waals surface area contributed by atoms with Gasteiger partial charge in [0, 0.05) is 48.5 Å². The van der Waals surface area contributed by atoms with Crippen molar-refractivity contribution >= 4 is 34.2 Å². The first-order valence-electron chi connectivity index (χ1n) is 14.5. The maximum Gasteiger partial charge on any atom is 0.410 e. The quantitative estimate of drug-likeness (QED) is 0.319. The molecule has 3 heterocycles. The molecular weight excluding hydrogens is 542 g/mol. The molecule has 218 valence electrons.